The van der Waals surface area contributed by atoms with Crippen LogP contribution < -0.4 is 4.74 Å². The van der Waals surface area contributed by atoms with Crippen molar-refractivity contribution in [3.05, 3.63) is 40.2 Å². The van der Waals surface area contributed by atoms with E-state index < -0.39 is 0 Å². The smallest absolute Gasteiger partial charge is 0.159 e. The van der Waals surface area contributed by atoms with Gasteiger partial charge in [-0.1, -0.05) is 66.0 Å². The molecule has 25 heavy (non-hydrogen) atoms. The number of unbranched alkanes of at least 4 members (excludes halogenated alkanes) is 3. The second-order valence-electron chi connectivity index (χ2n) is 7.96. The Labute approximate surface area is 153 Å². The van der Waals surface area contributed by atoms with E-state index in [4.69, 9.17) is 4.74 Å². The van der Waals surface area contributed by atoms with Gasteiger partial charge >= 0.3 is 0 Å². The van der Waals surface area contributed by atoms with E-state index in [0.29, 0.717) is 18.3 Å². The predicted molar refractivity (Wildman–Crippen MR) is 105 cm³/mol. The lowest BCUT2D eigenvalue weighted by atomic mass is 9.87. The van der Waals surface area contributed by atoms with Crippen LogP contribution >= 0.6 is 0 Å². The third-order valence-corrected chi connectivity index (χ3v) is 5.12. The van der Waals surface area contributed by atoms with Gasteiger partial charge in [0, 0.05) is 18.4 Å². The summed E-state index contributed by atoms with van der Waals surface area (Å²) in [5.41, 5.74) is 4.66. The van der Waals surface area contributed by atoms with Gasteiger partial charge in [0.25, 0.3) is 0 Å². The Hall–Kier alpha value is -1.57. The number of hydrogen-bond acceptors (Lipinski definition) is 2. The third kappa shape index (κ3) is 4.74. The first-order valence-corrected chi connectivity index (χ1v) is 9.92. The van der Waals surface area contributed by atoms with Gasteiger partial charge in [-0.3, -0.25) is 4.79 Å². The molecule has 0 bridgehead atoms. The molecular weight excluding hydrogens is 308 g/mol. The number of hydrogen-bond donors (Lipinski definition) is 0. The zero-order valence-corrected chi connectivity index (χ0v) is 16.9. The summed E-state index contributed by atoms with van der Waals surface area (Å²) in [4.78, 5) is 12.2. The number of ketones is 1. The highest BCUT2D eigenvalue weighted by Crippen LogP contribution is 2.40. The van der Waals surface area contributed by atoms with Gasteiger partial charge in [-0.2, -0.15) is 0 Å². The molecule has 0 amide bonds. The Morgan fingerprint density at radius 3 is 2.36 bits per heavy atom. The van der Waals surface area contributed by atoms with Crippen LogP contribution in [0.5, 0.6) is 5.75 Å². The highest BCUT2D eigenvalue weighted by Gasteiger charge is 2.26. The first-order valence-electron chi connectivity index (χ1n) is 9.92. The number of carbonyl (C=O) groups is 1. The van der Waals surface area contributed by atoms with Crippen molar-refractivity contribution in [1.29, 1.82) is 0 Å². The van der Waals surface area contributed by atoms with Crippen molar-refractivity contribution in [3.63, 3.8) is 0 Å². The van der Waals surface area contributed by atoms with Gasteiger partial charge in [0.15, 0.2) is 5.78 Å². The molecule has 0 aliphatic carbocycles. The minimum Gasteiger partial charge on any atom is -0.461 e. The SMILES string of the molecule is CCCCCCC1=C(C(C)=O)Cc2cc(C(C)C)cc(C(C)C)c2O1. The van der Waals surface area contributed by atoms with Crippen LogP contribution in [0.1, 0.15) is 102 Å². The van der Waals surface area contributed by atoms with E-state index >= 15 is 0 Å². The Bertz CT molecular complexity index is 650. The van der Waals surface area contributed by atoms with E-state index in [9.17, 15) is 4.79 Å². The molecule has 1 aliphatic heterocycles. The van der Waals surface area contributed by atoms with Crippen LogP contribution in [0, 0.1) is 0 Å². The van der Waals surface area contributed by atoms with Crippen LogP contribution in [0.2, 0.25) is 0 Å². The summed E-state index contributed by atoms with van der Waals surface area (Å²) in [5, 5.41) is 0. The lowest BCUT2D eigenvalue weighted by Gasteiger charge is -2.27. The maximum atomic E-state index is 12.2. The minimum atomic E-state index is 0.150. The van der Waals surface area contributed by atoms with E-state index in [1.165, 1.54) is 36.0 Å². The van der Waals surface area contributed by atoms with Crippen LogP contribution in [0.25, 0.3) is 0 Å². The van der Waals surface area contributed by atoms with Gasteiger partial charge < -0.3 is 4.74 Å². The summed E-state index contributed by atoms with van der Waals surface area (Å²) in [6.45, 7) is 12.8. The molecular formula is C23H34O2. The number of Topliss-reactive ketones (excluding diaryl/α,β-unsaturated/α-hetero) is 1. The van der Waals surface area contributed by atoms with Crippen LogP contribution in [-0.4, -0.2) is 5.78 Å². The molecule has 2 heteroatoms. The highest BCUT2D eigenvalue weighted by atomic mass is 16.5. The summed E-state index contributed by atoms with van der Waals surface area (Å²) in [6, 6.07) is 4.53. The molecule has 0 aromatic heterocycles. The second kappa shape index (κ2) is 8.69. The largest absolute Gasteiger partial charge is 0.461 e. The van der Waals surface area contributed by atoms with E-state index in [2.05, 4.69) is 46.8 Å². The molecule has 0 fully saturated rings. The third-order valence-electron chi connectivity index (χ3n) is 5.12. The van der Waals surface area contributed by atoms with E-state index in [0.717, 1.165) is 29.9 Å². The van der Waals surface area contributed by atoms with Gasteiger partial charge in [-0.25, -0.2) is 0 Å². The first-order chi connectivity index (χ1) is 11.8. The first kappa shape index (κ1) is 19.8. The zero-order chi connectivity index (χ0) is 18.6. The van der Waals surface area contributed by atoms with E-state index in [1.54, 1.807) is 6.92 Å². The fraction of sp³-hybridized carbons (Fsp3) is 0.609. The minimum absolute atomic E-state index is 0.150. The molecule has 0 saturated heterocycles. The molecule has 0 radical (unpaired) electrons. The van der Waals surface area contributed by atoms with Crippen molar-refractivity contribution in [1.82, 2.24) is 0 Å². The van der Waals surface area contributed by atoms with Gasteiger partial charge in [0.2, 0.25) is 0 Å². The van der Waals surface area contributed by atoms with Crippen LogP contribution in [0.15, 0.2) is 23.5 Å². The topological polar surface area (TPSA) is 26.3 Å². The molecule has 0 atom stereocenters. The fourth-order valence-corrected chi connectivity index (χ4v) is 3.47. The molecule has 0 N–H and O–H groups in total. The normalized spacial score (nSPS) is 14.1. The quantitative estimate of drug-likeness (QED) is 0.492. The zero-order valence-electron chi connectivity index (χ0n) is 16.9. The summed E-state index contributed by atoms with van der Waals surface area (Å²) < 4.78 is 6.37. The summed E-state index contributed by atoms with van der Waals surface area (Å²) in [7, 11) is 0. The van der Waals surface area contributed by atoms with Gasteiger partial charge in [0.1, 0.15) is 11.5 Å². The van der Waals surface area contributed by atoms with Gasteiger partial charge in [-0.15, -0.1) is 0 Å². The van der Waals surface area contributed by atoms with E-state index in [-0.39, 0.29) is 5.78 Å². The lowest BCUT2D eigenvalue weighted by molar-refractivity contribution is -0.113. The molecule has 1 heterocycles. The Morgan fingerprint density at radius 1 is 1.08 bits per heavy atom. The maximum absolute atomic E-state index is 12.2. The molecule has 1 aromatic rings. The molecule has 0 saturated carbocycles. The molecule has 138 valence electrons. The van der Waals surface area contributed by atoms with Crippen molar-refractivity contribution in [2.24, 2.45) is 0 Å². The maximum Gasteiger partial charge on any atom is 0.159 e. The van der Waals surface area contributed by atoms with Crippen molar-refractivity contribution in [3.8, 4) is 5.75 Å². The van der Waals surface area contributed by atoms with Crippen molar-refractivity contribution >= 4 is 5.78 Å². The summed E-state index contributed by atoms with van der Waals surface area (Å²) >= 11 is 0. The Morgan fingerprint density at radius 2 is 1.80 bits per heavy atom. The predicted octanol–water partition coefficient (Wildman–Crippen LogP) is 6.68. The number of fused-ring (bicyclic) bond motifs is 1. The molecule has 2 rings (SSSR count). The van der Waals surface area contributed by atoms with Gasteiger partial charge in [-0.05, 0) is 41.9 Å². The summed E-state index contributed by atoms with van der Waals surface area (Å²) in [5.74, 6) is 2.96. The van der Waals surface area contributed by atoms with Crippen molar-refractivity contribution in [2.75, 3.05) is 0 Å². The Kier molecular flexibility index (Phi) is 6.87. The number of allylic oxidation sites excluding steroid dienone is 2. The van der Waals surface area contributed by atoms with Gasteiger partial charge in [0.05, 0.1) is 0 Å². The number of ether oxygens (including phenoxy) is 1. The van der Waals surface area contributed by atoms with E-state index in [1.807, 2.05) is 0 Å². The fourth-order valence-electron chi connectivity index (χ4n) is 3.47. The Balaban J connectivity index is 2.37. The number of rotatable bonds is 8. The molecule has 2 nitrogen and oxygen atoms in total. The van der Waals surface area contributed by atoms with Crippen LogP contribution in [0.4, 0.5) is 0 Å². The van der Waals surface area contributed by atoms with Crippen molar-refractivity contribution in [2.45, 2.75) is 91.9 Å². The molecule has 1 aliphatic rings. The molecule has 1 aromatic carbocycles. The van der Waals surface area contributed by atoms with Crippen LogP contribution in [-0.2, 0) is 11.2 Å². The average Bonchev–Trinajstić information content (AvgIpc) is 2.56. The van der Waals surface area contributed by atoms with Crippen molar-refractivity contribution < 1.29 is 9.53 Å². The number of carbonyl (C=O) groups excluding carboxylic acids is 1. The summed E-state index contributed by atoms with van der Waals surface area (Å²) in [6.07, 6.45) is 6.35. The van der Waals surface area contributed by atoms with Crippen LogP contribution in [0.3, 0.4) is 0 Å². The monoisotopic (exact) mass is 342 g/mol. The molecule has 0 unspecified atom stereocenters. The average molecular weight is 343 g/mol. The highest BCUT2D eigenvalue weighted by molar-refractivity contribution is 5.94. The molecule has 0 spiro atoms. The standard InChI is InChI=1S/C23H34O2/c1-7-8-9-10-11-22-21(17(6)24)14-19-12-18(15(2)3)13-20(16(4)5)23(19)25-22/h12-13,15-16H,7-11,14H2,1-6H3. The number of benzene rings is 1. The lowest BCUT2D eigenvalue weighted by Crippen LogP contribution is -2.17. The second-order valence-corrected chi connectivity index (χ2v) is 7.96.